The first kappa shape index (κ1) is 13.9. The third-order valence-corrected chi connectivity index (χ3v) is 2.99. The molecule has 0 aromatic heterocycles. The van der Waals surface area contributed by atoms with Crippen LogP contribution in [0.3, 0.4) is 0 Å². The lowest BCUT2D eigenvalue weighted by Gasteiger charge is -2.37. The van der Waals surface area contributed by atoms with Crippen LogP contribution in [0.1, 0.15) is 58.8 Å². The highest BCUT2D eigenvalue weighted by Gasteiger charge is 2.33. The summed E-state index contributed by atoms with van der Waals surface area (Å²) in [5.74, 6) is -0.470. The molecule has 0 aliphatic carbocycles. The number of piperidine rings is 1. The minimum Gasteiger partial charge on any atom is -0.337 e. The quantitative estimate of drug-likeness (QED) is 0.512. The Morgan fingerprint density at radius 2 is 1.62 bits per heavy atom. The fraction of sp³-hybridized carbons (Fsp3) is 1.00. The van der Waals surface area contributed by atoms with Gasteiger partial charge < -0.3 is 9.47 Å². The van der Waals surface area contributed by atoms with Crippen LogP contribution in [-0.4, -0.2) is 25.7 Å². The van der Waals surface area contributed by atoms with Gasteiger partial charge >= 0.3 is 0 Å². The molecule has 0 aromatic rings. The van der Waals surface area contributed by atoms with E-state index in [1.165, 1.54) is 25.7 Å². The van der Waals surface area contributed by atoms with Gasteiger partial charge in [-0.2, -0.15) is 0 Å². The summed E-state index contributed by atoms with van der Waals surface area (Å²) in [6.45, 7) is 6.98. The van der Waals surface area contributed by atoms with E-state index in [1.807, 2.05) is 0 Å². The van der Waals surface area contributed by atoms with Crippen LogP contribution in [0.4, 0.5) is 0 Å². The standard InChI is InChI=1S/C13H27NO2/c1-3-5-11-15-13(16-12-6-4-2)9-7-8-10-14-13/h14H,3-12H2,1-2H3. The molecule has 0 atom stereocenters. The summed E-state index contributed by atoms with van der Waals surface area (Å²) < 4.78 is 11.8. The molecule has 0 unspecified atom stereocenters. The molecule has 1 aliphatic heterocycles. The van der Waals surface area contributed by atoms with Crippen molar-refractivity contribution in [3.63, 3.8) is 0 Å². The van der Waals surface area contributed by atoms with Crippen molar-refractivity contribution in [2.24, 2.45) is 0 Å². The molecule has 0 aromatic carbocycles. The van der Waals surface area contributed by atoms with Gasteiger partial charge in [0.2, 0.25) is 5.91 Å². The van der Waals surface area contributed by atoms with Crippen LogP contribution < -0.4 is 5.32 Å². The van der Waals surface area contributed by atoms with Crippen molar-refractivity contribution in [3.8, 4) is 0 Å². The zero-order valence-corrected chi connectivity index (χ0v) is 10.9. The summed E-state index contributed by atoms with van der Waals surface area (Å²) in [6, 6.07) is 0. The Balaban J connectivity index is 2.33. The van der Waals surface area contributed by atoms with Crippen molar-refractivity contribution < 1.29 is 9.47 Å². The summed E-state index contributed by atoms with van der Waals surface area (Å²) >= 11 is 0. The third kappa shape index (κ3) is 4.81. The van der Waals surface area contributed by atoms with Gasteiger partial charge in [-0.1, -0.05) is 26.7 Å². The topological polar surface area (TPSA) is 30.5 Å². The van der Waals surface area contributed by atoms with Gasteiger partial charge in [0.1, 0.15) is 0 Å². The monoisotopic (exact) mass is 229 g/mol. The fourth-order valence-electron chi connectivity index (χ4n) is 1.90. The molecule has 1 heterocycles. The molecule has 1 fully saturated rings. The van der Waals surface area contributed by atoms with Gasteiger partial charge in [0.15, 0.2) is 0 Å². The number of hydrogen-bond donors (Lipinski definition) is 1. The van der Waals surface area contributed by atoms with E-state index in [1.54, 1.807) is 0 Å². The normalized spacial score (nSPS) is 19.9. The van der Waals surface area contributed by atoms with Crippen LogP contribution in [0.5, 0.6) is 0 Å². The molecule has 1 saturated heterocycles. The lowest BCUT2D eigenvalue weighted by Crippen LogP contribution is -2.53. The molecule has 1 N–H and O–H groups in total. The van der Waals surface area contributed by atoms with E-state index in [0.717, 1.165) is 39.0 Å². The number of unbranched alkanes of at least 4 members (excludes halogenated alkanes) is 2. The van der Waals surface area contributed by atoms with Crippen molar-refractivity contribution in [1.82, 2.24) is 5.32 Å². The first-order valence-electron chi connectivity index (χ1n) is 6.86. The smallest absolute Gasteiger partial charge is 0.227 e. The first-order valence-corrected chi connectivity index (χ1v) is 6.86. The van der Waals surface area contributed by atoms with Gasteiger partial charge in [0.25, 0.3) is 0 Å². The first-order chi connectivity index (χ1) is 7.83. The van der Waals surface area contributed by atoms with Gasteiger partial charge in [0.05, 0.1) is 13.2 Å². The molecule has 0 radical (unpaired) electrons. The van der Waals surface area contributed by atoms with E-state index in [0.29, 0.717) is 0 Å². The highest BCUT2D eigenvalue weighted by atomic mass is 16.7. The average molecular weight is 229 g/mol. The molecule has 96 valence electrons. The Kier molecular flexibility index (Phi) is 7.01. The van der Waals surface area contributed by atoms with Crippen LogP contribution in [0.25, 0.3) is 0 Å². The van der Waals surface area contributed by atoms with Gasteiger partial charge in [-0.25, -0.2) is 0 Å². The van der Waals surface area contributed by atoms with Crippen LogP contribution in [0, 0.1) is 0 Å². The van der Waals surface area contributed by atoms with E-state index in [9.17, 15) is 0 Å². The molecule has 16 heavy (non-hydrogen) atoms. The highest BCUT2D eigenvalue weighted by molar-refractivity contribution is 4.73. The van der Waals surface area contributed by atoms with E-state index in [-0.39, 0.29) is 0 Å². The lowest BCUT2D eigenvalue weighted by molar-refractivity contribution is -0.268. The maximum atomic E-state index is 5.92. The Morgan fingerprint density at radius 3 is 2.06 bits per heavy atom. The molecule has 3 nitrogen and oxygen atoms in total. The molecular formula is C13H27NO2. The molecule has 0 amide bonds. The number of hydrogen-bond acceptors (Lipinski definition) is 3. The number of ether oxygens (including phenoxy) is 2. The maximum absolute atomic E-state index is 5.92. The van der Waals surface area contributed by atoms with Crippen LogP contribution in [0.2, 0.25) is 0 Å². The number of rotatable bonds is 8. The summed E-state index contributed by atoms with van der Waals surface area (Å²) in [7, 11) is 0. The summed E-state index contributed by atoms with van der Waals surface area (Å²) in [6.07, 6.45) is 7.99. The Bertz CT molecular complexity index is 155. The van der Waals surface area contributed by atoms with Gasteiger partial charge in [-0.3, -0.25) is 5.32 Å². The van der Waals surface area contributed by atoms with Crippen LogP contribution in [0.15, 0.2) is 0 Å². The van der Waals surface area contributed by atoms with Gasteiger partial charge in [-0.05, 0) is 25.7 Å². The van der Waals surface area contributed by atoms with E-state index in [2.05, 4.69) is 19.2 Å². The fourth-order valence-corrected chi connectivity index (χ4v) is 1.90. The lowest BCUT2D eigenvalue weighted by atomic mass is 10.1. The van der Waals surface area contributed by atoms with Crippen LogP contribution in [-0.2, 0) is 9.47 Å². The van der Waals surface area contributed by atoms with E-state index < -0.39 is 5.91 Å². The predicted molar refractivity (Wildman–Crippen MR) is 66.3 cm³/mol. The Morgan fingerprint density at radius 1 is 1.00 bits per heavy atom. The molecule has 1 rings (SSSR count). The van der Waals surface area contributed by atoms with E-state index in [4.69, 9.17) is 9.47 Å². The average Bonchev–Trinajstić information content (AvgIpc) is 2.31. The van der Waals surface area contributed by atoms with E-state index >= 15 is 0 Å². The second-order valence-electron chi connectivity index (χ2n) is 4.54. The summed E-state index contributed by atoms with van der Waals surface area (Å²) in [5.41, 5.74) is 0. The van der Waals surface area contributed by atoms with Crippen molar-refractivity contribution in [2.75, 3.05) is 19.8 Å². The molecule has 0 spiro atoms. The largest absolute Gasteiger partial charge is 0.337 e. The van der Waals surface area contributed by atoms with Crippen LogP contribution >= 0.6 is 0 Å². The highest BCUT2D eigenvalue weighted by Crippen LogP contribution is 2.23. The Labute approximate surface area is 99.9 Å². The minimum absolute atomic E-state index is 0.470. The van der Waals surface area contributed by atoms with Crippen molar-refractivity contribution in [3.05, 3.63) is 0 Å². The zero-order chi connectivity index (χ0) is 11.7. The van der Waals surface area contributed by atoms with Crippen molar-refractivity contribution in [2.45, 2.75) is 64.7 Å². The SMILES string of the molecule is CCCCOC1(OCCCC)CCCCN1. The predicted octanol–water partition coefficient (Wildman–Crippen LogP) is 3.05. The molecule has 3 heteroatoms. The molecular weight excluding hydrogens is 202 g/mol. The molecule has 1 aliphatic rings. The summed E-state index contributed by atoms with van der Waals surface area (Å²) in [5, 5.41) is 3.41. The minimum atomic E-state index is -0.470. The van der Waals surface area contributed by atoms with Gasteiger partial charge in [0, 0.05) is 13.0 Å². The molecule has 0 saturated carbocycles. The summed E-state index contributed by atoms with van der Waals surface area (Å²) in [4.78, 5) is 0. The van der Waals surface area contributed by atoms with Gasteiger partial charge in [-0.15, -0.1) is 0 Å². The third-order valence-electron chi connectivity index (χ3n) is 2.99. The Hall–Kier alpha value is -0.120. The zero-order valence-electron chi connectivity index (χ0n) is 10.9. The second kappa shape index (κ2) is 8.04. The van der Waals surface area contributed by atoms with Crippen molar-refractivity contribution in [1.29, 1.82) is 0 Å². The maximum Gasteiger partial charge on any atom is 0.227 e. The second-order valence-corrected chi connectivity index (χ2v) is 4.54. The van der Waals surface area contributed by atoms with Crippen molar-refractivity contribution >= 4 is 0 Å². The molecule has 0 bridgehead atoms. The number of nitrogens with one attached hydrogen (secondary N) is 1.